The zero-order chi connectivity index (χ0) is 21.5. The van der Waals surface area contributed by atoms with Gasteiger partial charge in [-0.2, -0.15) is 15.3 Å². The molecule has 1 fully saturated rings. The Bertz CT molecular complexity index is 1200. The summed E-state index contributed by atoms with van der Waals surface area (Å²) in [5, 5.41) is 21.1. The summed E-state index contributed by atoms with van der Waals surface area (Å²) >= 11 is 0. The normalized spacial score (nSPS) is 18.4. The van der Waals surface area contributed by atoms with Crippen molar-refractivity contribution >= 4 is 28.6 Å². The zero-order valence-corrected chi connectivity index (χ0v) is 17.7. The second-order valence-corrected chi connectivity index (χ2v) is 8.83. The summed E-state index contributed by atoms with van der Waals surface area (Å²) in [7, 11) is 0. The number of carbonyl (C=O) groups excluding carboxylic acids is 1. The third-order valence-corrected chi connectivity index (χ3v) is 6.08. The molecule has 2 N–H and O–H groups in total. The van der Waals surface area contributed by atoms with Gasteiger partial charge in [-0.05, 0) is 42.5 Å². The van der Waals surface area contributed by atoms with E-state index in [0.29, 0.717) is 34.8 Å². The zero-order valence-electron chi connectivity index (χ0n) is 17.7. The number of anilines is 2. The molecule has 8 heteroatoms. The Morgan fingerprint density at radius 2 is 2.10 bits per heavy atom. The molecule has 1 aliphatic carbocycles. The van der Waals surface area contributed by atoms with Gasteiger partial charge in [0.25, 0.3) is 0 Å². The van der Waals surface area contributed by atoms with Gasteiger partial charge in [-0.25, -0.2) is 4.98 Å². The Kier molecular flexibility index (Phi) is 4.81. The van der Waals surface area contributed by atoms with Crippen molar-refractivity contribution in [2.75, 3.05) is 17.2 Å². The van der Waals surface area contributed by atoms with Crippen LogP contribution in [0.15, 0.2) is 24.4 Å². The Balaban J connectivity index is 1.66. The third-order valence-electron chi connectivity index (χ3n) is 6.08. The molecule has 2 aliphatic rings. The van der Waals surface area contributed by atoms with Crippen LogP contribution in [0.3, 0.4) is 0 Å². The number of aromatic nitrogens is 4. The lowest BCUT2D eigenvalue weighted by Gasteiger charge is -2.13. The number of nitrogens with zero attached hydrogens (tertiary/aromatic N) is 5. The molecular weight excluding hydrogens is 390 g/mol. The summed E-state index contributed by atoms with van der Waals surface area (Å²) in [5.74, 6) is 0.154. The van der Waals surface area contributed by atoms with Crippen LogP contribution in [0.5, 0.6) is 0 Å². The lowest BCUT2D eigenvalue weighted by atomic mass is 9.94. The van der Waals surface area contributed by atoms with Crippen LogP contribution >= 0.6 is 0 Å². The molecule has 1 unspecified atom stereocenters. The molecule has 1 atom stereocenters. The van der Waals surface area contributed by atoms with Crippen LogP contribution in [0, 0.1) is 17.2 Å². The summed E-state index contributed by atoms with van der Waals surface area (Å²) in [4.78, 5) is 22.4. The smallest absolute Gasteiger partial charge is 0.238 e. The number of nitriles is 1. The van der Waals surface area contributed by atoms with Crippen molar-refractivity contribution in [3.05, 3.63) is 41.2 Å². The van der Waals surface area contributed by atoms with Crippen molar-refractivity contribution in [1.82, 2.24) is 19.7 Å². The van der Waals surface area contributed by atoms with E-state index in [0.717, 1.165) is 36.0 Å². The van der Waals surface area contributed by atoms with Crippen molar-refractivity contribution in [3.8, 4) is 6.07 Å². The maximum absolute atomic E-state index is 13.0. The Hall–Kier alpha value is -3.47. The summed E-state index contributed by atoms with van der Waals surface area (Å²) in [6, 6.07) is 7.80. The molecular formula is C23H25N7O. The van der Waals surface area contributed by atoms with E-state index in [4.69, 9.17) is 10.1 Å². The average molecular weight is 416 g/mol. The Morgan fingerprint density at radius 3 is 2.84 bits per heavy atom. The molecule has 1 saturated carbocycles. The highest BCUT2D eigenvalue weighted by Gasteiger charge is 2.36. The van der Waals surface area contributed by atoms with Crippen LogP contribution in [-0.4, -0.2) is 32.2 Å². The Labute approximate surface area is 180 Å². The van der Waals surface area contributed by atoms with Gasteiger partial charge in [0.1, 0.15) is 5.92 Å². The molecule has 1 aromatic carbocycles. The summed E-state index contributed by atoms with van der Waals surface area (Å²) < 4.78 is 2.00. The lowest BCUT2D eigenvalue weighted by Crippen LogP contribution is -2.17. The molecule has 1 amide bonds. The quantitative estimate of drug-likeness (QED) is 0.653. The molecule has 0 bridgehead atoms. The number of amides is 1. The van der Waals surface area contributed by atoms with E-state index in [2.05, 4.69) is 35.5 Å². The van der Waals surface area contributed by atoms with Crippen molar-refractivity contribution in [3.63, 3.8) is 0 Å². The minimum atomic E-state index is -0.602. The lowest BCUT2D eigenvalue weighted by molar-refractivity contribution is -0.116. The van der Waals surface area contributed by atoms with Gasteiger partial charge in [0, 0.05) is 18.4 Å². The first-order chi connectivity index (χ1) is 15.0. The maximum Gasteiger partial charge on any atom is 0.238 e. The highest BCUT2D eigenvalue weighted by Crippen LogP contribution is 2.40. The van der Waals surface area contributed by atoms with E-state index < -0.39 is 5.92 Å². The highest BCUT2D eigenvalue weighted by atomic mass is 16.2. The summed E-state index contributed by atoms with van der Waals surface area (Å²) in [5.41, 5.74) is 3.24. The minimum Gasteiger partial charge on any atom is -0.354 e. The minimum absolute atomic E-state index is 0.145. The number of benzene rings is 1. The molecule has 0 radical (unpaired) electrons. The molecule has 3 aromatic rings. The number of carbonyl (C=O) groups is 1. The van der Waals surface area contributed by atoms with E-state index in [9.17, 15) is 10.1 Å². The molecule has 31 heavy (non-hydrogen) atoms. The largest absolute Gasteiger partial charge is 0.354 e. The number of fused-ring (bicyclic) bond motifs is 2. The molecule has 0 spiro atoms. The maximum atomic E-state index is 13.0. The van der Waals surface area contributed by atoms with E-state index >= 15 is 0 Å². The van der Waals surface area contributed by atoms with Gasteiger partial charge in [0.15, 0.2) is 5.65 Å². The monoisotopic (exact) mass is 415 g/mol. The second kappa shape index (κ2) is 7.65. The van der Waals surface area contributed by atoms with Crippen LogP contribution in [0.4, 0.5) is 11.6 Å². The molecule has 8 nitrogen and oxygen atoms in total. The number of rotatable bonds is 5. The van der Waals surface area contributed by atoms with E-state index in [1.807, 2.05) is 10.9 Å². The van der Waals surface area contributed by atoms with Crippen LogP contribution < -0.4 is 10.6 Å². The van der Waals surface area contributed by atoms with Gasteiger partial charge >= 0.3 is 0 Å². The Morgan fingerprint density at radius 1 is 1.29 bits per heavy atom. The van der Waals surface area contributed by atoms with Crippen molar-refractivity contribution in [2.24, 2.45) is 5.92 Å². The second-order valence-electron chi connectivity index (χ2n) is 8.83. The van der Waals surface area contributed by atoms with E-state index in [-0.39, 0.29) is 5.91 Å². The van der Waals surface area contributed by atoms with Crippen LogP contribution in [0.25, 0.3) is 11.0 Å². The first kappa shape index (κ1) is 19.5. The number of hydrogen-bond acceptors (Lipinski definition) is 6. The third kappa shape index (κ3) is 3.50. The summed E-state index contributed by atoms with van der Waals surface area (Å²) in [6.45, 7) is 4.96. The summed E-state index contributed by atoms with van der Waals surface area (Å²) in [6.07, 6.45) is 6.61. The number of nitrogens with one attached hydrogen (secondary N) is 2. The molecule has 5 rings (SSSR count). The van der Waals surface area contributed by atoms with E-state index in [1.54, 1.807) is 18.2 Å². The fourth-order valence-electron chi connectivity index (χ4n) is 4.50. The van der Waals surface area contributed by atoms with Crippen molar-refractivity contribution < 1.29 is 4.79 Å². The predicted molar refractivity (Wildman–Crippen MR) is 118 cm³/mol. The predicted octanol–water partition coefficient (Wildman–Crippen LogP) is 3.96. The van der Waals surface area contributed by atoms with Crippen LogP contribution in [0.1, 0.15) is 68.3 Å². The SMILES string of the molecule is CC(C)CNc1nc(C2C(=O)Nc3ccc(C#N)cc32)c2cn(C3CCCC3)nc2n1. The van der Waals surface area contributed by atoms with Gasteiger partial charge in [0.05, 0.1) is 28.8 Å². The van der Waals surface area contributed by atoms with Gasteiger partial charge in [-0.1, -0.05) is 26.7 Å². The molecule has 0 saturated heterocycles. The van der Waals surface area contributed by atoms with Gasteiger partial charge in [-0.3, -0.25) is 9.48 Å². The number of hydrogen-bond donors (Lipinski definition) is 2. The topological polar surface area (TPSA) is 109 Å². The van der Waals surface area contributed by atoms with Crippen LogP contribution in [0.2, 0.25) is 0 Å². The highest BCUT2D eigenvalue weighted by molar-refractivity contribution is 6.06. The molecule has 158 valence electrons. The van der Waals surface area contributed by atoms with Gasteiger partial charge in [-0.15, -0.1) is 0 Å². The first-order valence-corrected chi connectivity index (χ1v) is 10.9. The van der Waals surface area contributed by atoms with Crippen LogP contribution in [-0.2, 0) is 4.79 Å². The van der Waals surface area contributed by atoms with E-state index in [1.165, 1.54) is 12.8 Å². The van der Waals surface area contributed by atoms with Gasteiger partial charge in [0.2, 0.25) is 11.9 Å². The molecule has 2 aromatic heterocycles. The fraction of sp³-hybridized carbons (Fsp3) is 0.435. The molecule has 1 aliphatic heterocycles. The first-order valence-electron chi connectivity index (χ1n) is 10.9. The average Bonchev–Trinajstić information content (AvgIpc) is 3.48. The van der Waals surface area contributed by atoms with Gasteiger partial charge < -0.3 is 10.6 Å². The fourth-order valence-corrected chi connectivity index (χ4v) is 4.50. The van der Waals surface area contributed by atoms with Crippen molar-refractivity contribution in [2.45, 2.75) is 51.5 Å². The molecule has 3 heterocycles. The van der Waals surface area contributed by atoms with Crippen molar-refractivity contribution in [1.29, 1.82) is 5.26 Å². The standard InChI is InChI=1S/C23H25N7O/c1-13(2)11-25-23-27-20(17-12-30(29-21(17)28-23)15-5-3-4-6-15)19-16-9-14(10-24)7-8-18(16)26-22(19)31/h7-9,12-13,15,19H,3-6,11H2,1-2H3,(H,26,31)(H,25,28,29).